The molecule has 0 spiro atoms. The van der Waals surface area contributed by atoms with Crippen LogP contribution in [0.5, 0.6) is 5.88 Å². The van der Waals surface area contributed by atoms with Crippen LogP contribution in [0.2, 0.25) is 0 Å². The van der Waals surface area contributed by atoms with Gasteiger partial charge < -0.3 is 15.0 Å². The number of methoxy groups -OCH3 is 1. The number of anilines is 1. The predicted octanol–water partition coefficient (Wildman–Crippen LogP) is 1.48. The zero-order valence-corrected chi connectivity index (χ0v) is 15.3. The van der Waals surface area contributed by atoms with Gasteiger partial charge in [-0.3, -0.25) is 9.69 Å². The van der Waals surface area contributed by atoms with Crippen LogP contribution < -0.4 is 15.0 Å². The van der Waals surface area contributed by atoms with Gasteiger partial charge in [0.25, 0.3) is 0 Å². The lowest BCUT2D eigenvalue weighted by Gasteiger charge is -2.36. The Morgan fingerprint density at radius 3 is 2.58 bits per heavy atom. The first kappa shape index (κ1) is 18.1. The summed E-state index contributed by atoms with van der Waals surface area (Å²) in [7, 11) is 1.61. The quantitative estimate of drug-likeness (QED) is 0.846. The van der Waals surface area contributed by atoms with E-state index < -0.39 is 0 Å². The maximum atomic E-state index is 11.6. The van der Waals surface area contributed by atoms with E-state index in [-0.39, 0.29) is 11.9 Å². The summed E-state index contributed by atoms with van der Waals surface area (Å²) in [6, 6.07) is 11.8. The normalized spacial score (nSPS) is 16.2. The van der Waals surface area contributed by atoms with Crippen molar-refractivity contribution in [2.75, 3.05) is 44.7 Å². The number of ether oxygens (including phenoxy) is 1. The minimum Gasteiger partial charge on any atom is -0.481 e. The maximum Gasteiger partial charge on any atom is 0.228 e. The van der Waals surface area contributed by atoms with E-state index in [0.29, 0.717) is 11.8 Å². The first-order valence-corrected chi connectivity index (χ1v) is 8.82. The van der Waals surface area contributed by atoms with Crippen LogP contribution in [0.1, 0.15) is 18.5 Å². The molecule has 0 radical (unpaired) electrons. The van der Waals surface area contributed by atoms with Crippen molar-refractivity contribution >= 4 is 11.9 Å². The molecular weight excluding hydrogens is 330 g/mol. The highest BCUT2D eigenvalue weighted by molar-refractivity contribution is 5.73. The van der Waals surface area contributed by atoms with Crippen molar-refractivity contribution in [3.8, 4) is 5.88 Å². The van der Waals surface area contributed by atoms with Crippen molar-refractivity contribution in [3.05, 3.63) is 48.2 Å². The fourth-order valence-corrected chi connectivity index (χ4v) is 3.15. The monoisotopic (exact) mass is 355 g/mol. The number of nitrogens with one attached hydrogen (secondary N) is 1. The summed E-state index contributed by atoms with van der Waals surface area (Å²) < 4.78 is 5.18. The predicted molar refractivity (Wildman–Crippen MR) is 100 cm³/mol. The first-order chi connectivity index (χ1) is 12.7. The fraction of sp³-hybridized carbons (Fsp3) is 0.421. The first-order valence-electron chi connectivity index (χ1n) is 8.82. The third-order valence-corrected chi connectivity index (χ3v) is 4.50. The van der Waals surface area contributed by atoms with E-state index in [1.807, 2.05) is 18.2 Å². The van der Waals surface area contributed by atoms with Crippen LogP contribution in [-0.4, -0.2) is 60.6 Å². The molecule has 0 aliphatic carbocycles. The van der Waals surface area contributed by atoms with Gasteiger partial charge in [-0.25, -0.2) is 4.98 Å². The topological polar surface area (TPSA) is 70.6 Å². The molecule has 1 saturated heterocycles. The zero-order valence-electron chi connectivity index (χ0n) is 15.3. The summed E-state index contributed by atoms with van der Waals surface area (Å²) >= 11 is 0. The number of hydrogen-bond acceptors (Lipinski definition) is 6. The number of aromatic nitrogens is 2. The van der Waals surface area contributed by atoms with Gasteiger partial charge in [0, 0.05) is 51.9 Å². The molecule has 1 unspecified atom stereocenters. The Bertz CT molecular complexity index is 717. The molecule has 1 atom stereocenters. The zero-order chi connectivity index (χ0) is 18.4. The number of benzene rings is 1. The van der Waals surface area contributed by atoms with E-state index >= 15 is 0 Å². The van der Waals surface area contributed by atoms with Gasteiger partial charge in [-0.1, -0.05) is 30.3 Å². The highest BCUT2D eigenvalue weighted by Crippen LogP contribution is 2.18. The molecule has 138 valence electrons. The Morgan fingerprint density at radius 1 is 1.19 bits per heavy atom. The van der Waals surface area contributed by atoms with E-state index in [1.54, 1.807) is 26.3 Å². The molecule has 1 aliphatic heterocycles. The van der Waals surface area contributed by atoms with E-state index in [2.05, 4.69) is 37.2 Å². The van der Waals surface area contributed by atoms with Crippen LogP contribution in [0, 0.1) is 0 Å². The molecule has 2 aromatic rings. The molecule has 1 fully saturated rings. The number of hydrogen-bond donors (Lipinski definition) is 1. The molecule has 1 aromatic carbocycles. The van der Waals surface area contributed by atoms with E-state index in [0.717, 1.165) is 38.3 Å². The van der Waals surface area contributed by atoms with Crippen LogP contribution in [0.3, 0.4) is 0 Å². The van der Waals surface area contributed by atoms with Crippen molar-refractivity contribution in [3.63, 3.8) is 0 Å². The lowest BCUT2D eigenvalue weighted by molar-refractivity contribution is -0.119. The lowest BCUT2D eigenvalue weighted by Crippen LogP contribution is -2.49. The van der Waals surface area contributed by atoms with Crippen LogP contribution in [0.15, 0.2) is 42.6 Å². The Hall–Kier alpha value is -2.67. The number of carbonyl (C=O) groups excluding carboxylic acids is 1. The molecule has 0 saturated carbocycles. The smallest absolute Gasteiger partial charge is 0.228 e. The van der Waals surface area contributed by atoms with Crippen molar-refractivity contribution in [1.29, 1.82) is 0 Å². The van der Waals surface area contributed by atoms with Crippen molar-refractivity contribution < 1.29 is 9.53 Å². The van der Waals surface area contributed by atoms with Crippen molar-refractivity contribution in [1.82, 2.24) is 20.2 Å². The van der Waals surface area contributed by atoms with Gasteiger partial charge in [-0.05, 0) is 5.56 Å². The van der Waals surface area contributed by atoms with Crippen molar-refractivity contribution in [2.24, 2.45) is 0 Å². The summed E-state index contributed by atoms with van der Waals surface area (Å²) in [5, 5.41) is 3.07. The Balaban J connectivity index is 1.60. The molecular formula is C19H25N5O2. The fourth-order valence-electron chi connectivity index (χ4n) is 3.15. The van der Waals surface area contributed by atoms with Gasteiger partial charge in [0.1, 0.15) is 0 Å². The summed E-state index contributed by atoms with van der Waals surface area (Å²) in [6.07, 6.45) is 1.72. The number of rotatable bonds is 6. The van der Waals surface area contributed by atoms with Gasteiger partial charge >= 0.3 is 0 Å². The average molecular weight is 355 g/mol. The second-order valence-electron chi connectivity index (χ2n) is 6.35. The minimum absolute atomic E-state index is 0.00619. The molecule has 7 heteroatoms. The van der Waals surface area contributed by atoms with E-state index in [9.17, 15) is 4.79 Å². The molecule has 3 rings (SSSR count). The van der Waals surface area contributed by atoms with Gasteiger partial charge in [0.15, 0.2) is 0 Å². The molecule has 7 nitrogen and oxygen atoms in total. The molecule has 26 heavy (non-hydrogen) atoms. The Labute approximate surface area is 154 Å². The minimum atomic E-state index is -0.0118. The highest BCUT2D eigenvalue weighted by atomic mass is 16.5. The second kappa shape index (κ2) is 8.62. The van der Waals surface area contributed by atoms with Crippen LogP contribution in [0.4, 0.5) is 5.95 Å². The number of piperazine rings is 1. The third-order valence-electron chi connectivity index (χ3n) is 4.50. The third kappa shape index (κ3) is 4.70. The van der Waals surface area contributed by atoms with Crippen LogP contribution in [0.25, 0.3) is 0 Å². The number of carbonyl (C=O) groups is 1. The van der Waals surface area contributed by atoms with Gasteiger partial charge in [-0.15, -0.1) is 0 Å². The summed E-state index contributed by atoms with van der Waals surface area (Å²) in [5.41, 5.74) is 1.13. The van der Waals surface area contributed by atoms with E-state index in [1.165, 1.54) is 0 Å². The highest BCUT2D eigenvalue weighted by Gasteiger charge is 2.23. The van der Waals surface area contributed by atoms with Crippen LogP contribution >= 0.6 is 0 Å². The molecule has 1 N–H and O–H groups in total. The summed E-state index contributed by atoms with van der Waals surface area (Å²) in [5.74, 6) is 1.26. The number of amides is 1. The molecule has 1 aromatic heterocycles. The Kier molecular flexibility index (Phi) is 6.01. The number of nitrogens with zero attached hydrogens (tertiary/aromatic N) is 4. The second-order valence-corrected chi connectivity index (χ2v) is 6.35. The Morgan fingerprint density at radius 2 is 1.92 bits per heavy atom. The molecule has 2 heterocycles. The molecule has 0 bridgehead atoms. The van der Waals surface area contributed by atoms with Gasteiger partial charge in [0.2, 0.25) is 17.7 Å². The van der Waals surface area contributed by atoms with Crippen molar-refractivity contribution in [2.45, 2.75) is 13.0 Å². The van der Waals surface area contributed by atoms with Crippen LogP contribution in [-0.2, 0) is 4.79 Å². The summed E-state index contributed by atoms with van der Waals surface area (Å²) in [4.78, 5) is 24.9. The molecule has 1 aliphatic rings. The standard InChI is InChI=1S/C19H25N5O2/c1-15(25)21-17(16-6-4-3-5-7-16)14-23-10-12-24(13-11-23)19-20-9-8-18(22-19)26-2/h3-9,17H,10-14H2,1-2H3,(H,21,25). The lowest BCUT2D eigenvalue weighted by atomic mass is 10.1. The SMILES string of the molecule is COc1ccnc(N2CCN(CC(NC(C)=O)c3ccccc3)CC2)n1. The van der Waals surface area contributed by atoms with Gasteiger partial charge in [-0.2, -0.15) is 4.98 Å². The molecule has 1 amide bonds. The van der Waals surface area contributed by atoms with Gasteiger partial charge in [0.05, 0.1) is 13.2 Å². The average Bonchev–Trinajstić information content (AvgIpc) is 2.68. The largest absolute Gasteiger partial charge is 0.481 e. The van der Waals surface area contributed by atoms with E-state index in [4.69, 9.17) is 4.74 Å². The maximum absolute atomic E-state index is 11.6. The summed E-state index contributed by atoms with van der Waals surface area (Å²) in [6.45, 7) is 5.82.